The number of nitrogens with one attached hydrogen (secondary N) is 2. The van der Waals surface area contributed by atoms with Crippen LogP contribution in [0.15, 0.2) is 54.6 Å². The van der Waals surface area contributed by atoms with Crippen molar-refractivity contribution in [1.82, 2.24) is 35.5 Å². The van der Waals surface area contributed by atoms with E-state index in [9.17, 15) is 9.18 Å². The molecule has 29 heavy (non-hydrogen) atoms. The maximum atomic E-state index is 13.2. The lowest BCUT2D eigenvalue weighted by molar-refractivity contribution is 0.0936. The van der Waals surface area contributed by atoms with E-state index in [0.29, 0.717) is 23.0 Å². The Bertz CT molecular complexity index is 1140. The fraction of sp³-hybridized carbons (Fsp3) is 0.150. The van der Waals surface area contributed by atoms with Crippen molar-refractivity contribution in [1.29, 1.82) is 0 Å². The summed E-state index contributed by atoms with van der Waals surface area (Å²) >= 11 is 0. The largest absolute Gasteiger partial charge is 0.336 e. The van der Waals surface area contributed by atoms with Gasteiger partial charge in [-0.3, -0.25) is 9.89 Å². The molecule has 2 aromatic heterocycles. The van der Waals surface area contributed by atoms with E-state index >= 15 is 0 Å². The van der Waals surface area contributed by atoms with Crippen molar-refractivity contribution >= 4 is 5.91 Å². The van der Waals surface area contributed by atoms with Gasteiger partial charge in [0.05, 0.1) is 11.4 Å². The van der Waals surface area contributed by atoms with Gasteiger partial charge in [0, 0.05) is 0 Å². The Kier molecular flexibility index (Phi) is 4.86. The van der Waals surface area contributed by atoms with E-state index in [1.54, 1.807) is 26.0 Å². The number of rotatable bonds is 5. The predicted molar refractivity (Wildman–Crippen MR) is 103 cm³/mol. The Morgan fingerprint density at radius 1 is 1.10 bits per heavy atom. The molecule has 1 atom stereocenters. The second-order valence-corrected chi connectivity index (χ2v) is 6.51. The monoisotopic (exact) mass is 391 g/mol. The molecule has 146 valence electrons. The van der Waals surface area contributed by atoms with E-state index in [-0.39, 0.29) is 11.5 Å². The molecule has 0 bridgehead atoms. The average Bonchev–Trinajstić information content (AvgIpc) is 3.33. The van der Waals surface area contributed by atoms with Crippen molar-refractivity contribution in [3.05, 3.63) is 89.0 Å². The lowest BCUT2D eigenvalue weighted by Gasteiger charge is -2.15. The van der Waals surface area contributed by atoms with Gasteiger partial charge in [-0.05, 0) is 43.7 Å². The zero-order valence-corrected chi connectivity index (χ0v) is 15.8. The minimum absolute atomic E-state index is 0.169. The molecular weight excluding hydrogens is 373 g/mol. The summed E-state index contributed by atoms with van der Waals surface area (Å²) in [5.74, 6) is 0.336. The molecule has 0 aliphatic heterocycles. The highest BCUT2D eigenvalue weighted by molar-refractivity contribution is 5.93. The van der Waals surface area contributed by atoms with Gasteiger partial charge in [0.15, 0.2) is 11.5 Å². The third-order valence-corrected chi connectivity index (χ3v) is 4.46. The molecule has 0 saturated heterocycles. The minimum atomic E-state index is -0.552. The summed E-state index contributed by atoms with van der Waals surface area (Å²) < 4.78 is 14.7. The highest BCUT2D eigenvalue weighted by Gasteiger charge is 2.25. The van der Waals surface area contributed by atoms with Crippen LogP contribution in [0.1, 0.15) is 39.4 Å². The van der Waals surface area contributed by atoms with E-state index in [2.05, 4.69) is 30.8 Å². The topological polar surface area (TPSA) is 101 Å². The van der Waals surface area contributed by atoms with E-state index in [1.165, 1.54) is 16.8 Å². The highest BCUT2D eigenvalue weighted by atomic mass is 19.1. The van der Waals surface area contributed by atoms with Gasteiger partial charge in [0.25, 0.3) is 5.91 Å². The Morgan fingerprint density at radius 2 is 1.83 bits per heavy atom. The normalized spacial score (nSPS) is 12.0. The van der Waals surface area contributed by atoms with E-state index in [0.717, 1.165) is 5.56 Å². The maximum absolute atomic E-state index is 13.2. The standard InChI is InChI=1S/C20H18FN7O/c1-12-17(25-27-28(12)16-10-8-15(21)9-11-16)20(29)23-18(14-6-4-3-5-7-14)19-22-13(2)24-26-19/h3-11,18H,1-2H3,(H,23,29)(H,22,24,26). The number of hydrogen-bond donors (Lipinski definition) is 2. The van der Waals surface area contributed by atoms with Crippen molar-refractivity contribution in [3.8, 4) is 5.69 Å². The van der Waals surface area contributed by atoms with E-state index in [1.807, 2.05) is 30.3 Å². The number of aryl methyl sites for hydroxylation is 1. The number of carbonyl (C=O) groups is 1. The Labute approximate surface area is 165 Å². The van der Waals surface area contributed by atoms with Gasteiger partial charge in [-0.25, -0.2) is 14.1 Å². The summed E-state index contributed by atoms with van der Waals surface area (Å²) in [7, 11) is 0. The summed E-state index contributed by atoms with van der Waals surface area (Å²) in [6.07, 6.45) is 0. The first-order valence-electron chi connectivity index (χ1n) is 8.96. The average molecular weight is 391 g/mol. The maximum Gasteiger partial charge on any atom is 0.274 e. The molecular formula is C20H18FN7O. The lowest BCUT2D eigenvalue weighted by Crippen LogP contribution is -2.31. The molecule has 1 unspecified atom stereocenters. The van der Waals surface area contributed by atoms with Crippen LogP contribution in [0, 0.1) is 19.7 Å². The molecule has 1 amide bonds. The van der Waals surface area contributed by atoms with Gasteiger partial charge < -0.3 is 5.32 Å². The summed E-state index contributed by atoms with van der Waals surface area (Å²) in [5, 5.41) is 18.0. The molecule has 2 N–H and O–H groups in total. The number of aromatic amines is 1. The smallest absolute Gasteiger partial charge is 0.274 e. The number of H-pyrrole nitrogens is 1. The first kappa shape index (κ1) is 18.5. The number of amides is 1. The molecule has 0 aliphatic carbocycles. The molecule has 9 heteroatoms. The molecule has 2 aromatic carbocycles. The van der Waals surface area contributed by atoms with Gasteiger partial charge in [-0.2, -0.15) is 5.10 Å². The van der Waals surface area contributed by atoms with Gasteiger partial charge in [-0.1, -0.05) is 35.5 Å². The quantitative estimate of drug-likeness (QED) is 0.545. The minimum Gasteiger partial charge on any atom is -0.336 e. The first-order valence-corrected chi connectivity index (χ1v) is 8.96. The van der Waals surface area contributed by atoms with E-state index < -0.39 is 11.9 Å². The molecule has 0 spiro atoms. The Morgan fingerprint density at radius 3 is 2.48 bits per heavy atom. The number of hydrogen-bond acceptors (Lipinski definition) is 5. The number of carbonyl (C=O) groups excluding carboxylic acids is 1. The van der Waals surface area contributed by atoms with E-state index in [4.69, 9.17) is 0 Å². The fourth-order valence-electron chi connectivity index (χ4n) is 3.00. The molecule has 0 saturated carbocycles. The van der Waals surface area contributed by atoms with Gasteiger partial charge >= 0.3 is 0 Å². The fourth-order valence-corrected chi connectivity index (χ4v) is 3.00. The van der Waals surface area contributed by atoms with Crippen molar-refractivity contribution in [2.75, 3.05) is 0 Å². The van der Waals surface area contributed by atoms with Crippen molar-refractivity contribution in [3.63, 3.8) is 0 Å². The predicted octanol–water partition coefficient (Wildman–Crippen LogP) is 2.66. The Balaban J connectivity index is 1.64. The summed E-state index contributed by atoms with van der Waals surface area (Å²) in [5.41, 5.74) is 2.15. The van der Waals surface area contributed by atoms with Gasteiger partial charge in [-0.15, -0.1) is 5.10 Å². The van der Waals surface area contributed by atoms with Crippen LogP contribution in [0.25, 0.3) is 5.69 Å². The zero-order valence-electron chi connectivity index (χ0n) is 15.8. The third kappa shape index (κ3) is 3.75. The highest BCUT2D eigenvalue weighted by Crippen LogP contribution is 2.20. The lowest BCUT2D eigenvalue weighted by atomic mass is 10.1. The molecule has 4 aromatic rings. The van der Waals surface area contributed by atoms with Crippen molar-refractivity contribution in [2.45, 2.75) is 19.9 Å². The van der Waals surface area contributed by atoms with Crippen LogP contribution in [-0.4, -0.2) is 36.1 Å². The van der Waals surface area contributed by atoms with Crippen LogP contribution in [0.3, 0.4) is 0 Å². The SMILES string of the molecule is Cc1nc(C(NC(=O)c2nnn(-c3ccc(F)cc3)c2C)c2ccccc2)n[nH]1. The van der Waals surface area contributed by atoms with Crippen molar-refractivity contribution in [2.24, 2.45) is 0 Å². The zero-order chi connectivity index (χ0) is 20.4. The molecule has 0 fully saturated rings. The number of halogens is 1. The molecule has 0 radical (unpaired) electrons. The summed E-state index contributed by atoms with van der Waals surface area (Å²) in [4.78, 5) is 17.3. The van der Waals surface area contributed by atoms with Crippen LogP contribution < -0.4 is 5.32 Å². The molecule has 0 aliphatic rings. The number of nitrogens with zero attached hydrogens (tertiary/aromatic N) is 5. The number of aromatic nitrogens is 6. The van der Waals surface area contributed by atoms with Crippen molar-refractivity contribution < 1.29 is 9.18 Å². The van der Waals surface area contributed by atoms with Gasteiger partial charge in [0.1, 0.15) is 17.7 Å². The third-order valence-electron chi connectivity index (χ3n) is 4.46. The van der Waals surface area contributed by atoms with Crippen LogP contribution in [-0.2, 0) is 0 Å². The van der Waals surface area contributed by atoms with Gasteiger partial charge in [0.2, 0.25) is 0 Å². The van der Waals surface area contributed by atoms with Crippen LogP contribution >= 0.6 is 0 Å². The molecule has 4 rings (SSSR count). The first-order chi connectivity index (χ1) is 14.0. The second-order valence-electron chi connectivity index (χ2n) is 6.51. The second kappa shape index (κ2) is 7.63. The Hall–Kier alpha value is -3.88. The van der Waals surface area contributed by atoms with Crippen LogP contribution in [0.5, 0.6) is 0 Å². The van der Waals surface area contributed by atoms with Crippen LogP contribution in [0.2, 0.25) is 0 Å². The number of benzene rings is 2. The molecule has 8 nitrogen and oxygen atoms in total. The van der Waals surface area contributed by atoms with Crippen LogP contribution in [0.4, 0.5) is 4.39 Å². The summed E-state index contributed by atoms with van der Waals surface area (Å²) in [6, 6.07) is 14.7. The molecule has 2 heterocycles. The summed E-state index contributed by atoms with van der Waals surface area (Å²) in [6.45, 7) is 3.52.